The normalized spacial score (nSPS) is 22.0. The standard InChI is InChI=1S/C15H26N4S/c1-5-9-16-14-10(2)15(18-11(3)17-14)19-12-7-6-8-13(12)20-4/h12-13H,5-9H2,1-4H3,(H2,16,17,18,19). The van der Waals surface area contributed by atoms with Gasteiger partial charge in [-0.25, -0.2) is 9.97 Å². The summed E-state index contributed by atoms with van der Waals surface area (Å²) in [5.74, 6) is 2.80. The van der Waals surface area contributed by atoms with Crippen molar-refractivity contribution < 1.29 is 0 Å². The highest BCUT2D eigenvalue weighted by molar-refractivity contribution is 7.99. The summed E-state index contributed by atoms with van der Waals surface area (Å²) >= 11 is 1.97. The molecule has 1 aliphatic carbocycles. The maximum Gasteiger partial charge on any atom is 0.135 e. The van der Waals surface area contributed by atoms with Crippen LogP contribution in [0.3, 0.4) is 0 Å². The Labute approximate surface area is 126 Å². The molecule has 5 heteroatoms. The lowest BCUT2D eigenvalue weighted by Crippen LogP contribution is -2.27. The SMILES string of the molecule is CCCNc1nc(C)nc(NC2CCCC2SC)c1C. The summed E-state index contributed by atoms with van der Waals surface area (Å²) < 4.78 is 0. The number of rotatable bonds is 6. The zero-order chi connectivity index (χ0) is 14.5. The fourth-order valence-electron chi connectivity index (χ4n) is 2.73. The predicted octanol–water partition coefficient (Wildman–Crippen LogP) is 3.61. The highest BCUT2D eigenvalue weighted by Crippen LogP contribution is 2.31. The quantitative estimate of drug-likeness (QED) is 0.839. The van der Waals surface area contributed by atoms with E-state index >= 15 is 0 Å². The van der Waals surface area contributed by atoms with Gasteiger partial charge in [0.05, 0.1) is 0 Å². The molecule has 2 atom stereocenters. The Morgan fingerprint density at radius 3 is 2.65 bits per heavy atom. The highest BCUT2D eigenvalue weighted by atomic mass is 32.2. The Bertz CT molecular complexity index is 450. The van der Waals surface area contributed by atoms with Gasteiger partial charge < -0.3 is 10.6 Å². The number of hydrogen-bond acceptors (Lipinski definition) is 5. The number of aryl methyl sites for hydroxylation is 1. The van der Waals surface area contributed by atoms with E-state index in [-0.39, 0.29) is 0 Å². The van der Waals surface area contributed by atoms with Crippen LogP contribution in [0.5, 0.6) is 0 Å². The van der Waals surface area contributed by atoms with E-state index in [1.807, 2.05) is 18.7 Å². The van der Waals surface area contributed by atoms with Crippen LogP contribution in [0.25, 0.3) is 0 Å². The molecule has 4 nitrogen and oxygen atoms in total. The Kier molecular flexibility index (Phi) is 5.52. The number of hydrogen-bond donors (Lipinski definition) is 2. The van der Waals surface area contributed by atoms with Crippen LogP contribution in [0.15, 0.2) is 0 Å². The van der Waals surface area contributed by atoms with Gasteiger partial charge in [0.1, 0.15) is 17.5 Å². The molecule has 0 spiro atoms. The molecule has 1 saturated carbocycles. The smallest absolute Gasteiger partial charge is 0.135 e. The maximum atomic E-state index is 4.60. The van der Waals surface area contributed by atoms with Crippen LogP contribution in [0.4, 0.5) is 11.6 Å². The maximum absolute atomic E-state index is 4.60. The van der Waals surface area contributed by atoms with Gasteiger partial charge >= 0.3 is 0 Å². The Morgan fingerprint density at radius 1 is 1.20 bits per heavy atom. The molecular formula is C15H26N4S. The van der Waals surface area contributed by atoms with Crippen LogP contribution in [-0.4, -0.2) is 34.1 Å². The van der Waals surface area contributed by atoms with E-state index in [4.69, 9.17) is 0 Å². The van der Waals surface area contributed by atoms with Crippen LogP contribution in [0.1, 0.15) is 44.0 Å². The van der Waals surface area contributed by atoms with Crippen molar-refractivity contribution in [3.8, 4) is 0 Å². The molecule has 0 amide bonds. The van der Waals surface area contributed by atoms with E-state index in [9.17, 15) is 0 Å². The average molecular weight is 294 g/mol. The Hall–Kier alpha value is -0.970. The Balaban J connectivity index is 2.16. The van der Waals surface area contributed by atoms with Crippen LogP contribution < -0.4 is 10.6 Å². The van der Waals surface area contributed by atoms with Crippen molar-refractivity contribution in [1.29, 1.82) is 0 Å². The molecule has 2 rings (SSSR count). The van der Waals surface area contributed by atoms with Gasteiger partial charge in [-0.1, -0.05) is 13.3 Å². The lowest BCUT2D eigenvalue weighted by atomic mass is 10.2. The van der Waals surface area contributed by atoms with E-state index in [1.54, 1.807) is 0 Å². The van der Waals surface area contributed by atoms with E-state index < -0.39 is 0 Å². The van der Waals surface area contributed by atoms with Crippen molar-refractivity contribution in [2.45, 2.75) is 57.7 Å². The van der Waals surface area contributed by atoms with Crippen molar-refractivity contribution in [3.63, 3.8) is 0 Å². The van der Waals surface area contributed by atoms with Crippen molar-refractivity contribution >= 4 is 23.4 Å². The first kappa shape index (κ1) is 15.4. The lowest BCUT2D eigenvalue weighted by Gasteiger charge is -2.22. The van der Waals surface area contributed by atoms with Gasteiger partial charge in [-0.2, -0.15) is 11.8 Å². The third kappa shape index (κ3) is 3.57. The number of nitrogens with zero attached hydrogens (tertiary/aromatic N) is 2. The Morgan fingerprint density at radius 2 is 1.95 bits per heavy atom. The largest absolute Gasteiger partial charge is 0.370 e. The minimum absolute atomic E-state index is 0.539. The molecule has 0 aliphatic heterocycles. The second kappa shape index (κ2) is 7.16. The molecular weight excluding hydrogens is 268 g/mol. The molecule has 1 fully saturated rings. The van der Waals surface area contributed by atoms with Gasteiger partial charge in [0.15, 0.2) is 0 Å². The van der Waals surface area contributed by atoms with Gasteiger partial charge in [-0.05, 0) is 39.4 Å². The molecule has 1 aliphatic rings. The number of aromatic nitrogens is 2. The molecule has 2 N–H and O–H groups in total. The molecule has 1 aromatic rings. The highest BCUT2D eigenvalue weighted by Gasteiger charge is 2.27. The van der Waals surface area contributed by atoms with Crippen molar-refractivity contribution in [2.75, 3.05) is 23.4 Å². The van der Waals surface area contributed by atoms with E-state index in [2.05, 4.69) is 40.7 Å². The van der Waals surface area contributed by atoms with E-state index in [0.717, 1.165) is 36.0 Å². The van der Waals surface area contributed by atoms with Gasteiger partial charge in [0.2, 0.25) is 0 Å². The van der Waals surface area contributed by atoms with Crippen LogP contribution in [0, 0.1) is 13.8 Å². The minimum Gasteiger partial charge on any atom is -0.370 e. The first-order valence-electron chi connectivity index (χ1n) is 7.54. The number of thioether (sulfide) groups is 1. The van der Waals surface area contributed by atoms with Crippen molar-refractivity contribution in [3.05, 3.63) is 11.4 Å². The zero-order valence-electron chi connectivity index (χ0n) is 13.0. The summed E-state index contributed by atoms with van der Waals surface area (Å²) in [6, 6.07) is 0.539. The summed E-state index contributed by atoms with van der Waals surface area (Å²) in [5.41, 5.74) is 1.14. The number of anilines is 2. The average Bonchev–Trinajstić information content (AvgIpc) is 2.88. The summed E-state index contributed by atoms with van der Waals surface area (Å²) in [6.07, 6.45) is 7.17. The monoisotopic (exact) mass is 294 g/mol. The fourth-order valence-corrected chi connectivity index (χ4v) is 3.67. The molecule has 0 bridgehead atoms. The lowest BCUT2D eigenvalue weighted by molar-refractivity contribution is 0.759. The molecule has 0 radical (unpaired) electrons. The molecule has 0 saturated heterocycles. The third-order valence-corrected chi connectivity index (χ3v) is 5.05. The third-order valence-electron chi connectivity index (χ3n) is 3.88. The first-order valence-corrected chi connectivity index (χ1v) is 8.83. The van der Waals surface area contributed by atoms with Gasteiger partial charge in [-0.3, -0.25) is 0 Å². The van der Waals surface area contributed by atoms with E-state index in [0.29, 0.717) is 11.3 Å². The molecule has 1 heterocycles. The first-order chi connectivity index (χ1) is 9.65. The fraction of sp³-hybridized carbons (Fsp3) is 0.733. The second-order valence-corrected chi connectivity index (χ2v) is 6.55. The summed E-state index contributed by atoms with van der Waals surface area (Å²) in [6.45, 7) is 7.18. The van der Waals surface area contributed by atoms with Gasteiger partial charge in [-0.15, -0.1) is 0 Å². The summed E-state index contributed by atoms with van der Waals surface area (Å²) in [5, 5.41) is 7.76. The molecule has 1 aromatic heterocycles. The predicted molar refractivity (Wildman–Crippen MR) is 88.9 cm³/mol. The minimum atomic E-state index is 0.539. The summed E-state index contributed by atoms with van der Waals surface area (Å²) in [4.78, 5) is 9.12. The van der Waals surface area contributed by atoms with Crippen LogP contribution in [0.2, 0.25) is 0 Å². The molecule has 112 valence electrons. The zero-order valence-corrected chi connectivity index (χ0v) is 13.8. The van der Waals surface area contributed by atoms with E-state index in [1.165, 1.54) is 19.3 Å². The second-order valence-electron chi connectivity index (χ2n) is 5.48. The van der Waals surface area contributed by atoms with Crippen LogP contribution >= 0.6 is 11.8 Å². The summed E-state index contributed by atoms with van der Waals surface area (Å²) in [7, 11) is 0. The van der Waals surface area contributed by atoms with Gasteiger partial charge in [0.25, 0.3) is 0 Å². The molecule has 2 unspecified atom stereocenters. The number of nitrogens with one attached hydrogen (secondary N) is 2. The topological polar surface area (TPSA) is 49.8 Å². The van der Waals surface area contributed by atoms with Gasteiger partial charge in [0, 0.05) is 23.4 Å². The van der Waals surface area contributed by atoms with Crippen LogP contribution in [-0.2, 0) is 0 Å². The van der Waals surface area contributed by atoms with Crippen molar-refractivity contribution in [2.24, 2.45) is 0 Å². The van der Waals surface area contributed by atoms with Crippen molar-refractivity contribution in [1.82, 2.24) is 9.97 Å². The molecule has 0 aromatic carbocycles. The molecule has 20 heavy (non-hydrogen) atoms.